The molecule has 0 spiro atoms. The number of rotatable bonds is 4. The molecule has 1 heterocycles. The molecule has 2 aliphatic rings. The third-order valence-corrected chi connectivity index (χ3v) is 7.08. The molecule has 5 rings (SSSR count). The molecular formula is C28H27FN2O2. The fourth-order valence-electron chi connectivity index (χ4n) is 5.29. The fourth-order valence-corrected chi connectivity index (χ4v) is 5.29. The number of carbonyl (C=O) groups is 2. The Morgan fingerprint density at radius 2 is 1.58 bits per heavy atom. The van der Waals surface area contributed by atoms with Crippen LogP contribution in [0.4, 0.5) is 4.39 Å². The van der Waals surface area contributed by atoms with E-state index < -0.39 is 17.1 Å². The van der Waals surface area contributed by atoms with E-state index in [0.29, 0.717) is 18.7 Å². The first-order valence-corrected chi connectivity index (χ1v) is 11.4. The van der Waals surface area contributed by atoms with Gasteiger partial charge in [0.25, 0.3) is 0 Å². The second-order valence-corrected chi connectivity index (χ2v) is 9.09. The van der Waals surface area contributed by atoms with E-state index in [2.05, 4.69) is 36.9 Å². The van der Waals surface area contributed by atoms with Crippen molar-refractivity contribution >= 4 is 11.6 Å². The van der Waals surface area contributed by atoms with Crippen molar-refractivity contribution in [3.63, 3.8) is 0 Å². The van der Waals surface area contributed by atoms with Crippen LogP contribution in [0.3, 0.4) is 0 Å². The normalized spacial score (nSPS) is 21.4. The van der Waals surface area contributed by atoms with Crippen LogP contribution in [0.25, 0.3) is 0 Å². The number of piperazine rings is 1. The molecule has 1 aliphatic heterocycles. The predicted molar refractivity (Wildman–Crippen MR) is 126 cm³/mol. The Bertz CT molecular complexity index is 1230. The molecular weight excluding hydrogens is 415 g/mol. The number of nitrogens with zero attached hydrogens (tertiary/aromatic N) is 2. The standard InChI is InChI=1S/C28H27FN2O2/c1-19-11-12-20(2)21(17-19)18-30-13-15-31(16-14-30)28(22-7-4-3-5-8-22)26(32)23-9-6-10-24(29)25(23)27(28)33/h3-12,17H,13-16,18H2,1-2H3. The van der Waals surface area contributed by atoms with Gasteiger partial charge < -0.3 is 0 Å². The summed E-state index contributed by atoms with van der Waals surface area (Å²) in [5.74, 6) is -1.40. The number of hydrogen-bond acceptors (Lipinski definition) is 4. The minimum absolute atomic E-state index is 0.0795. The maximum Gasteiger partial charge on any atom is 0.199 e. The van der Waals surface area contributed by atoms with Gasteiger partial charge in [-0.25, -0.2) is 4.39 Å². The van der Waals surface area contributed by atoms with Gasteiger partial charge in [0, 0.05) is 38.3 Å². The maximum atomic E-state index is 14.7. The van der Waals surface area contributed by atoms with Crippen molar-refractivity contribution in [2.45, 2.75) is 25.9 Å². The molecule has 4 nitrogen and oxygen atoms in total. The van der Waals surface area contributed by atoms with E-state index in [0.717, 1.165) is 19.6 Å². The number of fused-ring (bicyclic) bond motifs is 1. The Kier molecular flexibility index (Phi) is 5.47. The quantitative estimate of drug-likeness (QED) is 0.557. The number of carbonyl (C=O) groups excluding carboxylic acids is 2. The van der Waals surface area contributed by atoms with E-state index in [1.54, 1.807) is 6.07 Å². The summed E-state index contributed by atoms with van der Waals surface area (Å²) in [6, 6.07) is 19.9. The Balaban J connectivity index is 1.47. The Labute approximate surface area is 193 Å². The Morgan fingerprint density at radius 3 is 2.27 bits per heavy atom. The van der Waals surface area contributed by atoms with E-state index in [1.807, 2.05) is 35.2 Å². The molecule has 1 atom stereocenters. The Morgan fingerprint density at radius 1 is 0.848 bits per heavy atom. The average Bonchev–Trinajstić information content (AvgIpc) is 3.06. The number of ketones is 2. The first-order chi connectivity index (χ1) is 15.9. The fraction of sp³-hybridized carbons (Fsp3) is 0.286. The smallest absolute Gasteiger partial charge is 0.199 e. The minimum atomic E-state index is -1.50. The topological polar surface area (TPSA) is 40.6 Å². The van der Waals surface area contributed by atoms with Gasteiger partial charge in [0.15, 0.2) is 17.1 Å². The van der Waals surface area contributed by atoms with Crippen LogP contribution in [0, 0.1) is 19.7 Å². The van der Waals surface area contributed by atoms with Crippen LogP contribution in [0.5, 0.6) is 0 Å². The zero-order valence-corrected chi connectivity index (χ0v) is 19.0. The van der Waals surface area contributed by atoms with Crippen molar-refractivity contribution in [2.75, 3.05) is 26.2 Å². The van der Waals surface area contributed by atoms with E-state index in [1.165, 1.54) is 28.8 Å². The highest BCUT2D eigenvalue weighted by Gasteiger charge is 2.59. The van der Waals surface area contributed by atoms with E-state index in [-0.39, 0.29) is 16.9 Å². The highest BCUT2D eigenvalue weighted by Crippen LogP contribution is 2.43. The second-order valence-electron chi connectivity index (χ2n) is 9.09. The van der Waals surface area contributed by atoms with Crippen LogP contribution in [0.2, 0.25) is 0 Å². The van der Waals surface area contributed by atoms with Gasteiger partial charge in [0.1, 0.15) is 5.82 Å². The van der Waals surface area contributed by atoms with Gasteiger partial charge in [-0.1, -0.05) is 66.2 Å². The highest BCUT2D eigenvalue weighted by atomic mass is 19.1. The summed E-state index contributed by atoms with van der Waals surface area (Å²) < 4.78 is 14.7. The molecule has 0 radical (unpaired) electrons. The number of Topliss-reactive ketones (excluding diaryl/α,β-unsaturated/α-hetero) is 2. The van der Waals surface area contributed by atoms with Crippen LogP contribution in [0.1, 0.15) is 43.0 Å². The third kappa shape index (κ3) is 3.43. The highest BCUT2D eigenvalue weighted by molar-refractivity contribution is 6.33. The summed E-state index contributed by atoms with van der Waals surface area (Å²) in [4.78, 5) is 31.9. The SMILES string of the molecule is Cc1ccc(C)c(CN2CCN(C3(c4ccccc4)C(=O)c4cccc(F)c4C3=O)CC2)c1. The van der Waals surface area contributed by atoms with Crippen molar-refractivity contribution in [3.8, 4) is 0 Å². The molecule has 168 valence electrons. The van der Waals surface area contributed by atoms with Crippen LogP contribution in [-0.2, 0) is 12.1 Å². The molecule has 0 N–H and O–H groups in total. The van der Waals surface area contributed by atoms with Gasteiger partial charge in [-0.15, -0.1) is 0 Å². The van der Waals surface area contributed by atoms with E-state index >= 15 is 0 Å². The molecule has 0 bridgehead atoms. The molecule has 0 aromatic heterocycles. The Hall–Kier alpha value is -3.15. The number of benzene rings is 3. The van der Waals surface area contributed by atoms with Gasteiger partial charge in [-0.2, -0.15) is 0 Å². The summed E-state index contributed by atoms with van der Waals surface area (Å²) in [6.45, 7) is 7.59. The lowest BCUT2D eigenvalue weighted by Gasteiger charge is -2.44. The van der Waals surface area contributed by atoms with Crippen molar-refractivity contribution in [2.24, 2.45) is 0 Å². The summed E-state index contributed by atoms with van der Waals surface area (Å²) in [7, 11) is 0. The molecule has 1 unspecified atom stereocenters. The van der Waals surface area contributed by atoms with Gasteiger partial charge >= 0.3 is 0 Å². The summed E-state index contributed by atoms with van der Waals surface area (Å²) >= 11 is 0. The lowest BCUT2D eigenvalue weighted by atomic mass is 9.82. The van der Waals surface area contributed by atoms with Gasteiger partial charge in [-0.3, -0.25) is 19.4 Å². The molecule has 0 saturated carbocycles. The summed E-state index contributed by atoms with van der Waals surface area (Å²) in [5.41, 5.74) is 3.00. The van der Waals surface area contributed by atoms with Crippen LogP contribution in [0.15, 0.2) is 66.7 Å². The van der Waals surface area contributed by atoms with Crippen molar-refractivity contribution in [1.29, 1.82) is 0 Å². The second kappa shape index (κ2) is 8.32. The van der Waals surface area contributed by atoms with Gasteiger partial charge in [-0.05, 0) is 36.6 Å². The number of hydrogen-bond donors (Lipinski definition) is 0. The van der Waals surface area contributed by atoms with Crippen molar-refractivity contribution < 1.29 is 14.0 Å². The lowest BCUT2D eigenvalue weighted by Crippen LogP contribution is -2.60. The van der Waals surface area contributed by atoms with Gasteiger partial charge in [0.05, 0.1) is 5.56 Å². The minimum Gasteiger partial charge on any atom is -0.297 e. The molecule has 1 saturated heterocycles. The summed E-state index contributed by atoms with van der Waals surface area (Å²) in [5, 5.41) is 0. The summed E-state index contributed by atoms with van der Waals surface area (Å²) in [6.07, 6.45) is 0. The molecule has 3 aromatic carbocycles. The maximum absolute atomic E-state index is 14.7. The molecule has 1 aliphatic carbocycles. The molecule has 33 heavy (non-hydrogen) atoms. The molecule has 3 aromatic rings. The number of halogens is 1. The van der Waals surface area contributed by atoms with Crippen molar-refractivity contribution in [1.82, 2.24) is 9.80 Å². The average molecular weight is 443 g/mol. The van der Waals surface area contributed by atoms with Crippen molar-refractivity contribution in [3.05, 3.63) is 106 Å². The van der Waals surface area contributed by atoms with E-state index in [4.69, 9.17) is 0 Å². The van der Waals surface area contributed by atoms with Crippen LogP contribution in [-0.4, -0.2) is 47.5 Å². The molecule has 0 amide bonds. The van der Waals surface area contributed by atoms with Crippen LogP contribution < -0.4 is 0 Å². The third-order valence-electron chi connectivity index (χ3n) is 7.08. The lowest BCUT2D eigenvalue weighted by molar-refractivity contribution is 0.0278. The zero-order chi connectivity index (χ0) is 23.2. The van der Waals surface area contributed by atoms with Gasteiger partial charge in [0.2, 0.25) is 0 Å². The zero-order valence-electron chi connectivity index (χ0n) is 19.0. The predicted octanol–water partition coefficient (Wildman–Crippen LogP) is 4.53. The molecule has 1 fully saturated rings. The number of aryl methyl sites for hydroxylation is 2. The monoisotopic (exact) mass is 442 g/mol. The largest absolute Gasteiger partial charge is 0.297 e. The van der Waals surface area contributed by atoms with Crippen LogP contribution >= 0.6 is 0 Å². The van der Waals surface area contributed by atoms with E-state index in [9.17, 15) is 14.0 Å². The molecule has 5 heteroatoms. The first-order valence-electron chi connectivity index (χ1n) is 11.4. The first kappa shape index (κ1) is 21.7.